The average molecular weight is 126 g/mol. The molecule has 1 saturated carbocycles. The first kappa shape index (κ1) is 5.69. The Kier molecular flexibility index (Phi) is 1.08. The van der Waals surface area contributed by atoms with E-state index in [0.29, 0.717) is 6.04 Å². The molecule has 0 unspecified atom stereocenters. The summed E-state index contributed by atoms with van der Waals surface area (Å²) in [5.41, 5.74) is 5.80. The summed E-state index contributed by atoms with van der Waals surface area (Å²) in [5.74, 6) is 0.843. The molecule has 3 atom stereocenters. The number of fused-ring (bicyclic) bond motifs is 1. The van der Waals surface area contributed by atoms with Gasteiger partial charge in [-0.1, -0.05) is 0 Å². The van der Waals surface area contributed by atoms with E-state index >= 15 is 0 Å². The van der Waals surface area contributed by atoms with Gasteiger partial charge in [-0.2, -0.15) is 0 Å². The maximum atomic E-state index is 5.80. The summed E-state index contributed by atoms with van der Waals surface area (Å²) >= 11 is 0. The Morgan fingerprint density at radius 3 is 2.78 bits per heavy atom. The summed E-state index contributed by atoms with van der Waals surface area (Å²) in [6, 6.07) is 1.37. The predicted molar refractivity (Wildman–Crippen MR) is 37.1 cm³/mol. The van der Waals surface area contributed by atoms with E-state index in [1.807, 2.05) is 0 Å². The highest BCUT2D eigenvalue weighted by Crippen LogP contribution is 2.38. The van der Waals surface area contributed by atoms with Gasteiger partial charge in [0.25, 0.3) is 0 Å². The fraction of sp³-hybridized carbons (Fsp3) is 1.00. The van der Waals surface area contributed by atoms with Crippen LogP contribution >= 0.6 is 0 Å². The summed E-state index contributed by atoms with van der Waals surface area (Å²) in [5, 5.41) is 0. The van der Waals surface area contributed by atoms with Gasteiger partial charge in [0.1, 0.15) is 0 Å². The van der Waals surface area contributed by atoms with E-state index in [0.717, 1.165) is 12.0 Å². The zero-order chi connectivity index (χ0) is 6.43. The summed E-state index contributed by atoms with van der Waals surface area (Å²) in [7, 11) is 2.20. The third kappa shape index (κ3) is 0.634. The van der Waals surface area contributed by atoms with Crippen LogP contribution in [-0.2, 0) is 0 Å². The molecule has 2 nitrogen and oxygen atoms in total. The van der Waals surface area contributed by atoms with Crippen molar-refractivity contribution in [3.05, 3.63) is 0 Å². The standard InChI is InChI=1S/C7H14N2/c1-9-3-2-5-6(8)4-7(5)9/h5-7H,2-4,8H2,1H3/t5-,6+,7+/m0/s1. The summed E-state index contributed by atoms with van der Waals surface area (Å²) < 4.78 is 0. The molecule has 1 heterocycles. The van der Waals surface area contributed by atoms with Gasteiger partial charge in [0.15, 0.2) is 0 Å². The molecule has 9 heavy (non-hydrogen) atoms. The van der Waals surface area contributed by atoms with Gasteiger partial charge in [0.2, 0.25) is 0 Å². The smallest absolute Gasteiger partial charge is 0.0151 e. The van der Waals surface area contributed by atoms with E-state index in [1.165, 1.54) is 19.4 Å². The highest BCUT2D eigenvalue weighted by molar-refractivity contribution is 5.01. The Bertz CT molecular complexity index is 122. The molecule has 2 fully saturated rings. The molecule has 1 saturated heterocycles. The van der Waals surface area contributed by atoms with Crippen LogP contribution in [0, 0.1) is 5.92 Å². The monoisotopic (exact) mass is 126 g/mol. The van der Waals surface area contributed by atoms with Crippen LogP contribution in [0.4, 0.5) is 0 Å². The van der Waals surface area contributed by atoms with Crippen LogP contribution in [0.3, 0.4) is 0 Å². The number of nitrogens with zero attached hydrogens (tertiary/aromatic N) is 1. The Labute approximate surface area is 56.0 Å². The molecule has 0 amide bonds. The second-order valence-electron chi connectivity index (χ2n) is 3.40. The van der Waals surface area contributed by atoms with Gasteiger partial charge in [-0.05, 0) is 32.4 Å². The van der Waals surface area contributed by atoms with Gasteiger partial charge >= 0.3 is 0 Å². The van der Waals surface area contributed by atoms with E-state index in [2.05, 4.69) is 11.9 Å². The van der Waals surface area contributed by atoms with Crippen LogP contribution in [0.25, 0.3) is 0 Å². The van der Waals surface area contributed by atoms with Crippen molar-refractivity contribution in [3.63, 3.8) is 0 Å². The lowest BCUT2D eigenvalue weighted by Crippen LogP contribution is -2.52. The molecule has 0 aromatic carbocycles. The van der Waals surface area contributed by atoms with E-state index in [1.54, 1.807) is 0 Å². The fourth-order valence-electron chi connectivity index (χ4n) is 2.15. The van der Waals surface area contributed by atoms with Crippen molar-refractivity contribution in [1.82, 2.24) is 4.90 Å². The minimum absolute atomic E-state index is 0.528. The Hall–Kier alpha value is -0.0800. The first-order valence-electron chi connectivity index (χ1n) is 3.75. The molecule has 0 aromatic heterocycles. The molecule has 0 radical (unpaired) electrons. The van der Waals surface area contributed by atoms with Gasteiger partial charge in [-0.25, -0.2) is 0 Å². The van der Waals surface area contributed by atoms with Crippen molar-refractivity contribution < 1.29 is 0 Å². The average Bonchev–Trinajstić information content (AvgIpc) is 2.07. The Morgan fingerprint density at radius 1 is 1.56 bits per heavy atom. The Morgan fingerprint density at radius 2 is 2.33 bits per heavy atom. The molecule has 2 N–H and O–H groups in total. The third-order valence-corrected chi connectivity index (χ3v) is 2.94. The van der Waals surface area contributed by atoms with Crippen molar-refractivity contribution in [2.24, 2.45) is 11.7 Å². The summed E-state index contributed by atoms with van der Waals surface area (Å²) in [4.78, 5) is 2.44. The minimum atomic E-state index is 0.528. The fourth-order valence-corrected chi connectivity index (χ4v) is 2.15. The molecule has 2 rings (SSSR count). The highest BCUT2D eigenvalue weighted by Gasteiger charge is 2.44. The number of hydrogen-bond acceptors (Lipinski definition) is 2. The first-order valence-corrected chi connectivity index (χ1v) is 3.75. The van der Waals surface area contributed by atoms with Crippen molar-refractivity contribution in [3.8, 4) is 0 Å². The number of hydrogen-bond donors (Lipinski definition) is 1. The highest BCUT2D eigenvalue weighted by atomic mass is 15.2. The van der Waals surface area contributed by atoms with Crippen LogP contribution in [0.5, 0.6) is 0 Å². The largest absolute Gasteiger partial charge is 0.327 e. The normalized spacial score (nSPS) is 50.7. The lowest BCUT2D eigenvalue weighted by Gasteiger charge is -2.40. The van der Waals surface area contributed by atoms with Crippen LogP contribution < -0.4 is 5.73 Å². The molecular weight excluding hydrogens is 112 g/mol. The quantitative estimate of drug-likeness (QED) is 0.496. The molecule has 0 spiro atoms. The molecule has 0 bridgehead atoms. The maximum Gasteiger partial charge on any atom is 0.0151 e. The SMILES string of the molecule is CN1CC[C@H]2[C@H](N)C[C@H]21. The number of nitrogens with two attached hydrogens (primary N) is 1. The van der Waals surface area contributed by atoms with E-state index < -0.39 is 0 Å². The molecule has 2 aliphatic rings. The van der Waals surface area contributed by atoms with Crippen molar-refractivity contribution in [1.29, 1.82) is 0 Å². The Balaban J connectivity index is 2.03. The van der Waals surface area contributed by atoms with Crippen LogP contribution in [-0.4, -0.2) is 30.6 Å². The molecule has 0 aromatic rings. The number of rotatable bonds is 0. The maximum absolute atomic E-state index is 5.80. The second kappa shape index (κ2) is 1.70. The van der Waals surface area contributed by atoms with E-state index in [-0.39, 0.29) is 0 Å². The van der Waals surface area contributed by atoms with E-state index in [4.69, 9.17) is 5.73 Å². The topological polar surface area (TPSA) is 29.3 Å². The summed E-state index contributed by atoms with van der Waals surface area (Å²) in [6.45, 7) is 1.27. The molecule has 52 valence electrons. The van der Waals surface area contributed by atoms with Crippen molar-refractivity contribution in [2.75, 3.05) is 13.6 Å². The van der Waals surface area contributed by atoms with Crippen LogP contribution in [0.15, 0.2) is 0 Å². The molecule has 1 aliphatic heterocycles. The number of likely N-dealkylation sites (tertiary alicyclic amines) is 1. The minimum Gasteiger partial charge on any atom is -0.327 e. The summed E-state index contributed by atoms with van der Waals surface area (Å²) in [6.07, 6.45) is 2.57. The molecule has 1 aliphatic carbocycles. The lowest BCUT2D eigenvalue weighted by atomic mass is 9.76. The van der Waals surface area contributed by atoms with Gasteiger partial charge in [0.05, 0.1) is 0 Å². The lowest BCUT2D eigenvalue weighted by molar-refractivity contribution is 0.139. The van der Waals surface area contributed by atoms with Crippen molar-refractivity contribution >= 4 is 0 Å². The van der Waals surface area contributed by atoms with Gasteiger partial charge < -0.3 is 10.6 Å². The first-order chi connectivity index (χ1) is 4.29. The van der Waals surface area contributed by atoms with Gasteiger partial charge in [0, 0.05) is 12.1 Å². The zero-order valence-corrected chi connectivity index (χ0v) is 5.88. The van der Waals surface area contributed by atoms with Gasteiger partial charge in [-0.3, -0.25) is 0 Å². The van der Waals surface area contributed by atoms with E-state index in [9.17, 15) is 0 Å². The van der Waals surface area contributed by atoms with Crippen LogP contribution in [0.1, 0.15) is 12.8 Å². The predicted octanol–water partition coefficient (Wildman–Crippen LogP) is 0.0377. The van der Waals surface area contributed by atoms with Crippen molar-refractivity contribution in [2.45, 2.75) is 24.9 Å². The second-order valence-corrected chi connectivity index (χ2v) is 3.40. The third-order valence-electron chi connectivity index (χ3n) is 2.94. The van der Waals surface area contributed by atoms with Gasteiger partial charge in [-0.15, -0.1) is 0 Å². The molecule has 2 heteroatoms. The zero-order valence-electron chi connectivity index (χ0n) is 5.88. The van der Waals surface area contributed by atoms with Crippen LogP contribution in [0.2, 0.25) is 0 Å². The molecular formula is C7H14N2.